The van der Waals surface area contributed by atoms with Gasteiger partial charge in [-0.05, 0) is 23.8 Å². The minimum atomic E-state index is -0.246. The van der Waals surface area contributed by atoms with Crippen molar-refractivity contribution < 1.29 is 9.53 Å². The largest absolute Gasteiger partial charge is 0.496 e. The van der Waals surface area contributed by atoms with Crippen molar-refractivity contribution in [3.63, 3.8) is 0 Å². The van der Waals surface area contributed by atoms with E-state index in [0.29, 0.717) is 10.9 Å². The van der Waals surface area contributed by atoms with Crippen LogP contribution in [0.4, 0.5) is 0 Å². The summed E-state index contributed by atoms with van der Waals surface area (Å²) < 4.78 is 6.70. The molecule has 1 heterocycles. The van der Waals surface area contributed by atoms with Gasteiger partial charge in [-0.3, -0.25) is 9.48 Å². The number of methoxy groups -OCH3 is 1. The summed E-state index contributed by atoms with van der Waals surface area (Å²) >= 11 is 11.8. The predicted octanol–water partition coefficient (Wildman–Crippen LogP) is 3.72. The zero-order chi connectivity index (χ0) is 15.4. The highest BCUT2D eigenvalue weighted by Crippen LogP contribution is 2.22. The summed E-state index contributed by atoms with van der Waals surface area (Å²) in [6, 6.07) is 5.53. The first-order valence-electron chi connectivity index (χ1n) is 6.19. The third kappa shape index (κ3) is 3.65. The summed E-state index contributed by atoms with van der Waals surface area (Å²) in [5.74, 6) is 0.815. The van der Waals surface area contributed by atoms with Gasteiger partial charge < -0.3 is 4.74 Å². The van der Waals surface area contributed by atoms with E-state index in [-0.39, 0.29) is 11.5 Å². The van der Waals surface area contributed by atoms with Crippen molar-refractivity contribution in [3.05, 3.63) is 52.3 Å². The maximum absolute atomic E-state index is 12.0. The Labute approximate surface area is 132 Å². The number of ether oxygens (including phenoxy) is 1. The number of benzene rings is 1. The molecule has 0 radical (unpaired) electrons. The molecule has 0 amide bonds. The molecular weight excluding hydrogens is 311 g/mol. The topological polar surface area (TPSA) is 44.1 Å². The van der Waals surface area contributed by atoms with Crippen LogP contribution in [0.1, 0.15) is 21.6 Å². The van der Waals surface area contributed by atoms with Crippen molar-refractivity contribution in [1.29, 1.82) is 0 Å². The molecule has 0 aliphatic rings. The van der Waals surface area contributed by atoms with Crippen molar-refractivity contribution in [2.24, 2.45) is 7.05 Å². The van der Waals surface area contributed by atoms with Crippen molar-refractivity contribution in [1.82, 2.24) is 9.78 Å². The summed E-state index contributed by atoms with van der Waals surface area (Å²) in [5, 5.41) is 4.36. The lowest BCUT2D eigenvalue weighted by atomic mass is 10.1. The monoisotopic (exact) mass is 324 g/mol. The lowest BCUT2D eigenvalue weighted by molar-refractivity contribution is 0.104. The number of allylic oxidation sites excluding steroid dienone is 1. The smallest absolute Gasteiger partial charge is 0.207 e. The average molecular weight is 325 g/mol. The van der Waals surface area contributed by atoms with Crippen LogP contribution in [0, 0.1) is 0 Å². The van der Waals surface area contributed by atoms with E-state index in [9.17, 15) is 4.79 Å². The van der Waals surface area contributed by atoms with Crippen LogP contribution in [-0.2, 0) is 12.9 Å². The normalized spacial score (nSPS) is 11.0. The number of halogens is 2. The SMILES string of the molecule is COc1ccc(/C=C/C(=O)c2nn(C)cc2Cl)cc1CCl. The summed E-state index contributed by atoms with van der Waals surface area (Å²) in [7, 11) is 3.30. The highest BCUT2D eigenvalue weighted by atomic mass is 35.5. The zero-order valence-corrected chi connectivity index (χ0v) is 13.1. The number of ketones is 1. The van der Waals surface area contributed by atoms with E-state index in [1.807, 2.05) is 18.2 Å². The molecule has 0 bridgehead atoms. The van der Waals surface area contributed by atoms with Gasteiger partial charge in [0.05, 0.1) is 18.0 Å². The lowest BCUT2D eigenvalue weighted by Crippen LogP contribution is -1.98. The van der Waals surface area contributed by atoms with Gasteiger partial charge in [-0.25, -0.2) is 0 Å². The number of rotatable bonds is 5. The Kier molecular flexibility index (Phi) is 5.04. The number of hydrogen-bond acceptors (Lipinski definition) is 3. The number of carbonyl (C=O) groups is 1. The molecule has 0 spiro atoms. The number of nitrogens with zero attached hydrogens (tertiary/aromatic N) is 2. The highest BCUT2D eigenvalue weighted by Gasteiger charge is 2.11. The molecule has 1 aromatic heterocycles. The summed E-state index contributed by atoms with van der Waals surface area (Å²) in [5.41, 5.74) is 1.96. The van der Waals surface area contributed by atoms with Crippen LogP contribution in [0.25, 0.3) is 6.08 Å². The van der Waals surface area contributed by atoms with E-state index in [1.165, 1.54) is 10.8 Å². The van der Waals surface area contributed by atoms with E-state index in [4.69, 9.17) is 27.9 Å². The molecule has 2 aromatic rings. The first-order valence-corrected chi connectivity index (χ1v) is 7.11. The summed E-state index contributed by atoms with van der Waals surface area (Å²) in [6.45, 7) is 0. The van der Waals surface area contributed by atoms with Gasteiger partial charge in [0.2, 0.25) is 5.78 Å². The summed E-state index contributed by atoms with van der Waals surface area (Å²) in [4.78, 5) is 12.0. The molecule has 0 saturated heterocycles. The van der Waals surface area contributed by atoms with Crippen LogP contribution in [0.15, 0.2) is 30.5 Å². The Morgan fingerprint density at radius 3 is 2.81 bits per heavy atom. The van der Waals surface area contributed by atoms with Gasteiger partial charge in [-0.1, -0.05) is 23.7 Å². The summed E-state index contributed by atoms with van der Waals surface area (Å²) in [6.07, 6.45) is 4.72. The number of aryl methyl sites for hydroxylation is 1. The fourth-order valence-electron chi connectivity index (χ4n) is 1.88. The van der Waals surface area contributed by atoms with Crippen LogP contribution < -0.4 is 4.74 Å². The second kappa shape index (κ2) is 6.78. The lowest BCUT2D eigenvalue weighted by Gasteiger charge is -2.06. The molecular formula is C15H14Cl2N2O2. The Bertz CT molecular complexity index is 693. The highest BCUT2D eigenvalue weighted by molar-refractivity contribution is 6.34. The molecule has 110 valence electrons. The number of hydrogen-bond donors (Lipinski definition) is 0. The van der Waals surface area contributed by atoms with Gasteiger partial charge in [0, 0.05) is 18.8 Å². The molecule has 0 N–H and O–H groups in total. The van der Waals surface area contributed by atoms with Gasteiger partial charge in [0.25, 0.3) is 0 Å². The molecule has 2 rings (SSSR count). The molecule has 0 saturated carbocycles. The van der Waals surface area contributed by atoms with Crippen molar-refractivity contribution >= 4 is 35.1 Å². The Hall–Kier alpha value is -1.78. The molecule has 0 aliphatic carbocycles. The molecule has 4 nitrogen and oxygen atoms in total. The average Bonchev–Trinajstić information content (AvgIpc) is 2.83. The first-order chi connectivity index (χ1) is 10.0. The van der Waals surface area contributed by atoms with Crippen molar-refractivity contribution in [2.75, 3.05) is 7.11 Å². The van der Waals surface area contributed by atoms with Crippen LogP contribution in [0.2, 0.25) is 5.02 Å². The standard InChI is InChI=1S/C15H14Cl2N2O2/c1-19-9-12(17)15(18-19)13(20)5-3-10-4-6-14(21-2)11(7-10)8-16/h3-7,9H,8H2,1-2H3/b5-3+. The maximum atomic E-state index is 12.0. The zero-order valence-electron chi connectivity index (χ0n) is 11.6. The second-order valence-electron chi connectivity index (χ2n) is 4.40. The van der Waals surface area contributed by atoms with Crippen LogP contribution >= 0.6 is 23.2 Å². The fraction of sp³-hybridized carbons (Fsp3) is 0.200. The van der Waals surface area contributed by atoms with Gasteiger partial charge in [-0.2, -0.15) is 5.10 Å². The molecule has 21 heavy (non-hydrogen) atoms. The molecule has 0 fully saturated rings. The minimum Gasteiger partial charge on any atom is -0.496 e. The number of aromatic nitrogens is 2. The quantitative estimate of drug-likeness (QED) is 0.478. The molecule has 1 aromatic carbocycles. The van der Waals surface area contributed by atoms with Gasteiger partial charge in [-0.15, -0.1) is 11.6 Å². The molecule has 6 heteroatoms. The Balaban J connectivity index is 2.21. The van der Waals surface area contributed by atoms with Crippen LogP contribution in [0.3, 0.4) is 0 Å². The molecule has 0 atom stereocenters. The van der Waals surface area contributed by atoms with Crippen LogP contribution in [0.5, 0.6) is 5.75 Å². The molecule has 0 unspecified atom stereocenters. The number of carbonyl (C=O) groups excluding carboxylic acids is 1. The molecule has 0 aliphatic heterocycles. The van der Waals surface area contributed by atoms with Gasteiger partial charge >= 0.3 is 0 Å². The minimum absolute atomic E-state index is 0.237. The first kappa shape index (κ1) is 15.6. The van der Waals surface area contributed by atoms with E-state index < -0.39 is 0 Å². The van der Waals surface area contributed by atoms with E-state index in [2.05, 4.69) is 5.10 Å². The Morgan fingerprint density at radius 1 is 1.48 bits per heavy atom. The predicted molar refractivity (Wildman–Crippen MR) is 84.1 cm³/mol. The van der Waals surface area contributed by atoms with Gasteiger partial charge in [0.15, 0.2) is 5.69 Å². The Morgan fingerprint density at radius 2 is 2.24 bits per heavy atom. The van der Waals surface area contributed by atoms with Crippen LogP contribution in [-0.4, -0.2) is 22.7 Å². The van der Waals surface area contributed by atoms with Gasteiger partial charge in [0.1, 0.15) is 5.75 Å². The number of alkyl halides is 1. The van der Waals surface area contributed by atoms with Crippen molar-refractivity contribution in [3.8, 4) is 5.75 Å². The van der Waals surface area contributed by atoms with Crippen molar-refractivity contribution in [2.45, 2.75) is 5.88 Å². The second-order valence-corrected chi connectivity index (χ2v) is 5.08. The maximum Gasteiger partial charge on any atom is 0.207 e. The van der Waals surface area contributed by atoms with E-state index >= 15 is 0 Å². The third-order valence-electron chi connectivity index (χ3n) is 2.89. The van der Waals surface area contributed by atoms with E-state index in [0.717, 1.165) is 16.9 Å². The fourth-order valence-corrected chi connectivity index (χ4v) is 2.36. The van der Waals surface area contributed by atoms with E-state index in [1.54, 1.807) is 26.4 Å². The third-order valence-corrected chi connectivity index (χ3v) is 3.46.